The number of hydrogen-bond acceptors (Lipinski definition) is 2. The number of aliphatic hydroxyl groups excluding tert-OH is 1. The van der Waals surface area contributed by atoms with Crippen molar-refractivity contribution in [2.24, 2.45) is 0 Å². The highest BCUT2D eigenvalue weighted by atomic mass is 35.5. The van der Waals surface area contributed by atoms with Crippen LogP contribution >= 0.6 is 11.6 Å². The summed E-state index contributed by atoms with van der Waals surface area (Å²) in [7, 11) is 1.63. The third-order valence-corrected chi connectivity index (χ3v) is 2.17. The molecule has 0 saturated carbocycles. The van der Waals surface area contributed by atoms with Crippen LogP contribution < -0.4 is 0 Å². The van der Waals surface area contributed by atoms with E-state index in [9.17, 15) is 0 Å². The van der Waals surface area contributed by atoms with E-state index in [1.54, 1.807) is 7.11 Å². The van der Waals surface area contributed by atoms with Crippen LogP contribution in [0.15, 0.2) is 24.3 Å². The first-order chi connectivity index (χ1) is 6.27. The van der Waals surface area contributed by atoms with E-state index in [4.69, 9.17) is 21.4 Å². The standard InChI is InChI=1S/C10H13ClO2/c1-13-10(6-7-12)8-2-4-9(11)5-3-8/h2-5,10,12H,6-7H2,1H3. The molecule has 0 aliphatic rings. The summed E-state index contributed by atoms with van der Waals surface area (Å²) in [5, 5.41) is 9.49. The van der Waals surface area contributed by atoms with Gasteiger partial charge in [-0.25, -0.2) is 0 Å². The Morgan fingerprint density at radius 2 is 2.00 bits per heavy atom. The Labute approximate surface area is 83.1 Å². The maximum absolute atomic E-state index is 8.78. The molecule has 0 heterocycles. The molecule has 13 heavy (non-hydrogen) atoms. The van der Waals surface area contributed by atoms with Crippen molar-refractivity contribution in [2.75, 3.05) is 13.7 Å². The van der Waals surface area contributed by atoms with Crippen molar-refractivity contribution in [2.45, 2.75) is 12.5 Å². The SMILES string of the molecule is COC(CCO)c1ccc(Cl)cc1. The zero-order valence-corrected chi connectivity index (χ0v) is 8.29. The van der Waals surface area contributed by atoms with Gasteiger partial charge in [-0.3, -0.25) is 0 Å². The third-order valence-electron chi connectivity index (χ3n) is 1.92. The summed E-state index contributed by atoms with van der Waals surface area (Å²) in [5.74, 6) is 0. The van der Waals surface area contributed by atoms with Crippen LogP contribution in [0, 0.1) is 0 Å². The van der Waals surface area contributed by atoms with Gasteiger partial charge in [0.2, 0.25) is 0 Å². The topological polar surface area (TPSA) is 29.5 Å². The van der Waals surface area contributed by atoms with E-state index >= 15 is 0 Å². The highest BCUT2D eigenvalue weighted by Crippen LogP contribution is 2.21. The summed E-state index contributed by atoms with van der Waals surface area (Å²) in [6, 6.07) is 7.46. The van der Waals surface area contributed by atoms with Crippen LogP contribution in [0.5, 0.6) is 0 Å². The van der Waals surface area contributed by atoms with Gasteiger partial charge in [0.25, 0.3) is 0 Å². The largest absolute Gasteiger partial charge is 0.396 e. The summed E-state index contributed by atoms with van der Waals surface area (Å²) in [6.07, 6.45) is 0.570. The van der Waals surface area contributed by atoms with Gasteiger partial charge in [-0.15, -0.1) is 0 Å². The molecule has 0 bridgehead atoms. The van der Waals surface area contributed by atoms with Crippen LogP contribution in [-0.2, 0) is 4.74 Å². The van der Waals surface area contributed by atoms with Gasteiger partial charge >= 0.3 is 0 Å². The van der Waals surface area contributed by atoms with Gasteiger partial charge in [-0.1, -0.05) is 23.7 Å². The van der Waals surface area contributed by atoms with Crippen LogP contribution in [0.1, 0.15) is 18.1 Å². The van der Waals surface area contributed by atoms with Crippen molar-refractivity contribution in [1.29, 1.82) is 0 Å². The predicted molar refractivity (Wildman–Crippen MR) is 52.9 cm³/mol. The fourth-order valence-corrected chi connectivity index (χ4v) is 1.34. The molecule has 0 amide bonds. The van der Waals surface area contributed by atoms with Crippen molar-refractivity contribution in [3.63, 3.8) is 0 Å². The van der Waals surface area contributed by atoms with Gasteiger partial charge in [0.15, 0.2) is 0 Å². The average Bonchev–Trinajstić information content (AvgIpc) is 2.16. The van der Waals surface area contributed by atoms with Crippen molar-refractivity contribution in [3.05, 3.63) is 34.9 Å². The van der Waals surface area contributed by atoms with Crippen LogP contribution in [-0.4, -0.2) is 18.8 Å². The maximum atomic E-state index is 8.78. The van der Waals surface area contributed by atoms with Gasteiger partial charge < -0.3 is 9.84 Å². The lowest BCUT2D eigenvalue weighted by Crippen LogP contribution is -2.03. The molecule has 2 nitrogen and oxygen atoms in total. The van der Waals surface area contributed by atoms with Gasteiger partial charge in [0, 0.05) is 25.2 Å². The normalized spacial score (nSPS) is 12.8. The van der Waals surface area contributed by atoms with E-state index in [1.807, 2.05) is 24.3 Å². The second kappa shape index (κ2) is 5.22. The maximum Gasteiger partial charge on any atom is 0.0843 e. The molecule has 0 aromatic heterocycles. The molecule has 0 spiro atoms. The van der Waals surface area contributed by atoms with E-state index in [0.717, 1.165) is 5.56 Å². The molecular weight excluding hydrogens is 188 g/mol. The minimum atomic E-state index is -0.0396. The Hall–Kier alpha value is -0.570. The lowest BCUT2D eigenvalue weighted by atomic mass is 10.1. The molecular formula is C10H13ClO2. The van der Waals surface area contributed by atoms with E-state index < -0.39 is 0 Å². The smallest absolute Gasteiger partial charge is 0.0843 e. The fourth-order valence-electron chi connectivity index (χ4n) is 1.22. The summed E-state index contributed by atoms with van der Waals surface area (Å²) in [5.41, 5.74) is 1.04. The van der Waals surface area contributed by atoms with Gasteiger partial charge in [-0.2, -0.15) is 0 Å². The lowest BCUT2D eigenvalue weighted by molar-refractivity contribution is 0.0775. The van der Waals surface area contributed by atoms with Crippen LogP contribution in [0.3, 0.4) is 0 Å². The monoisotopic (exact) mass is 200 g/mol. The number of hydrogen-bond donors (Lipinski definition) is 1. The molecule has 1 aromatic rings. The first-order valence-electron chi connectivity index (χ1n) is 4.17. The second-order valence-electron chi connectivity index (χ2n) is 2.79. The minimum Gasteiger partial charge on any atom is -0.396 e. The van der Waals surface area contributed by atoms with Crippen molar-refractivity contribution < 1.29 is 9.84 Å². The summed E-state index contributed by atoms with van der Waals surface area (Å²) in [4.78, 5) is 0. The Balaban J connectivity index is 2.73. The molecule has 72 valence electrons. The molecule has 3 heteroatoms. The highest BCUT2D eigenvalue weighted by molar-refractivity contribution is 6.30. The summed E-state index contributed by atoms with van der Waals surface area (Å²) < 4.78 is 5.21. The van der Waals surface area contributed by atoms with Crippen molar-refractivity contribution in [3.8, 4) is 0 Å². The molecule has 1 atom stereocenters. The van der Waals surface area contributed by atoms with Gasteiger partial charge in [0.1, 0.15) is 0 Å². The number of methoxy groups -OCH3 is 1. The van der Waals surface area contributed by atoms with E-state index in [-0.39, 0.29) is 12.7 Å². The quantitative estimate of drug-likeness (QED) is 0.809. The Bertz CT molecular complexity index is 246. The van der Waals surface area contributed by atoms with Gasteiger partial charge in [-0.05, 0) is 17.7 Å². The molecule has 1 unspecified atom stereocenters. The average molecular weight is 201 g/mol. The first kappa shape index (κ1) is 10.5. The number of aliphatic hydroxyl groups is 1. The van der Waals surface area contributed by atoms with E-state index in [2.05, 4.69) is 0 Å². The Kier molecular flexibility index (Phi) is 4.22. The lowest BCUT2D eigenvalue weighted by Gasteiger charge is -2.13. The van der Waals surface area contributed by atoms with Crippen LogP contribution in [0.2, 0.25) is 5.02 Å². The molecule has 1 rings (SSSR count). The molecule has 0 radical (unpaired) electrons. The molecule has 0 aliphatic carbocycles. The zero-order valence-electron chi connectivity index (χ0n) is 7.53. The molecule has 1 aromatic carbocycles. The predicted octanol–water partition coefficient (Wildman–Crippen LogP) is 2.41. The fraction of sp³-hybridized carbons (Fsp3) is 0.400. The molecule has 1 N–H and O–H groups in total. The number of ether oxygens (including phenoxy) is 1. The first-order valence-corrected chi connectivity index (χ1v) is 4.55. The minimum absolute atomic E-state index is 0.0396. The third kappa shape index (κ3) is 2.99. The second-order valence-corrected chi connectivity index (χ2v) is 3.22. The van der Waals surface area contributed by atoms with E-state index in [0.29, 0.717) is 11.4 Å². The number of benzene rings is 1. The zero-order chi connectivity index (χ0) is 9.68. The van der Waals surface area contributed by atoms with Crippen molar-refractivity contribution in [1.82, 2.24) is 0 Å². The van der Waals surface area contributed by atoms with Crippen LogP contribution in [0.25, 0.3) is 0 Å². The summed E-state index contributed by atoms with van der Waals surface area (Å²) in [6.45, 7) is 0.126. The Morgan fingerprint density at radius 1 is 1.38 bits per heavy atom. The van der Waals surface area contributed by atoms with Crippen LogP contribution in [0.4, 0.5) is 0 Å². The Morgan fingerprint density at radius 3 is 2.46 bits per heavy atom. The molecule has 0 fully saturated rings. The molecule has 0 aliphatic heterocycles. The summed E-state index contributed by atoms with van der Waals surface area (Å²) >= 11 is 5.75. The molecule has 0 saturated heterocycles. The van der Waals surface area contributed by atoms with Crippen molar-refractivity contribution >= 4 is 11.6 Å². The van der Waals surface area contributed by atoms with E-state index in [1.165, 1.54) is 0 Å². The number of rotatable bonds is 4. The van der Waals surface area contributed by atoms with Gasteiger partial charge in [0.05, 0.1) is 6.10 Å². The highest BCUT2D eigenvalue weighted by Gasteiger charge is 2.08. The number of halogens is 1.